The zero-order valence-corrected chi connectivity index (χ0v) is 15.9. The minimum Gasteiger partial charge on any atom is -0.317 e. The smallest absolute Gasteiger partial charge is 0.129 e. The van der Waals surface area contributed by atoms with Crippen LogP contribution in [0.1, 0.15) is 24.0 Å². The summed E-state index contributed by atoms with van der Waals surface area (Å²) in [6.45, 7) is 2.09. The Morgan fingerprint density at radius 1 is 0.963 bits per heavy atom. The first-order valence-electron chi connectivity index (χ1n) is 9.39. The molecule has 3 aromatic rings. The van der Waals surface area contributed by atoms with Crippen LogP contribution in [0.5, 0.6) is 0 Å². The number of nitrogens with zero attached hydrogens (tertiary/aromatic N) is 1. The fraction of sp³-hybridized carbons (Fsp3) is 0.318. The Labute approximate surface area is 162 Å². The van der Waals surface area contributed by atoms with Crippen LogP contribution in [0.15, 0.2) is 53.6 Å². The molecule has 2 nitrogen and oxygen atoms in total. The molecule has 2 heterocycles. The van der Waals surface area contributed by atoms with Crippen LogP contribution < -0.4 is 5.32 Å². The Hall–Kier alpha value is -1.98. The summed E-state index contributed by atoms with van der Waals surface area (Å²) in [7, 11) is 0. The molecule has 0 unspecified atom stereocenters. The van der Waals surface area contributed by atoms with Crippen molar-refractivity contribution in [2.75, 3.05) is 13.1 Å². The van der Waals surface area contributed by atoms with Gasteiger partial charge >= 0.3 is 0 Å². The van der Waals surface area contributed by atoms with Crippen LogP contribution in [0, 0.1) is 11.6 Å². The predicted octanol–water partition coefficient (Wildman–Crippen LogP) is 5.14. The van der Waals surface area contributed by atoms with Crippen molar-refractivity contribution in [3.05, 3.63) is 71.3 Å². The molecule has 27 heavy (non-hydrogen) atoms. The number of nitrogens with one attached hydrogen (secondary N) is 1. The highest BCUT2D eigenvalue weighted by atomic mass is 32.2. The van der Waals surface area contributed by atoms with Crippen LogP contribution >= 0.6 is 11.8 Å². The number of para-hydroxylation sites is 1. The molecule has 0 bridgehead atoms. The lowest BCUT2D eigenvalue weighted by Gasteiger charge is -2.23. The molecule has 0 radical (unpaired) electrons. The van der Waals surface area contributed by atoms with Gasteiger partial charge in [0.05, 0.1) is 5.52 Å². The van der Waals surface area contributed by atoms with Gasteiger partial charge in [-0.05, 0) is 68.1 Å². The Balaban J connectivity index is 1.61. The number of halogens is 2. The summed E-state index contributed by atoms with van der Waals surface area (Å²) < 4.78 is 27.2. The molecular formula is C22H22F2N2S. The van der Waals surface area contributed by atoms with Crippen LogP contribution in [0.3, 0.4) is 0 Å². The van der Waals surface area contributed by atoms with Gasteiger partial charge in [-0.2, -0.15) is 0 Å². The molecule has 1 aliphatic heterocycles. The van der Waals surface area contributed by atoms with Gasteiger partial charge in [0.25, 0.3) is 0 Å². The van der Waals surface area contributed by atoms with Gasteiger partial charge in [0.15, 0.2) is 0 Å². The van der Waals surface area contributed by atoms with Crippen molar-refractivity contribution in [2.24, 2.45) is 0 Å². The predicted molar refractivity (Wildman–Crippen MR) is 107 cm³/mol. The van der Waals surface area contributed by atoms with E-state index in [4.69, 9.17) is 4.98 Å². The van der Waals surface area contributed by atoms with Crippen LogP contribution in [-0.4, -0.2) is 23.3 Å². The molecule has 1 aromatic heterocycles. The molecular weight excluding hydrogens is 362 g/mol. The molecule has 0 aliphatic carbocycles. The topological polar surface area (TPSA) is 24.9 Å². The SMILES string of the molecule is Fc1ccc(CCc2cc3ccccc3nc2SC2CCNCC2)c(F)c1. The molecule has 0 spiro atoms. The van der Waals surface area contributed by atoms with Crippen LogP contribution in [0.2, 0.25) is 0 Å². The number of hydrogen-bond donors (Lipinski definition) is 1. The first-order chi connectivity index (χ1) is 13.2. The van der Waals surface area contributed by atoms with E-state index in [1.165, 1.54) is 6.07 Å². The minimum absolute atomic E-state index is 0.476. The van der Waals surface area contributed by atoms with Gasteiger partial charge in [0, 0.05) is 16.7 Å². The molecule has 2 aromatic carbocycles. The number of hydrogen-bond acceptors (Lipinski definition) is 3. The summed E-state index contributed by atoms with van der Waals surface area (Å²) in [6.07, 6.45) is 3.48. The highest BCUT2D eigenvalue weighted by Gasteiger charge is 2.18. The largest absolute Gasteiger partial charge is 0.317 e. The van der Waals surface area contributed by atoms with E-state index in [0.717, 1.165) is 53.5 Å². The maximum Gasteiger partial charge on any atom is 0.129 e. The number of aromatic nitrogens is 1. The lowest BCUT2D eigenvalue weighted by Crippen LogP contribution is -2.29. The van der Waals surface area contributed by atoms with Crippen molar-refractivity contribution < 1.29 is 8.78 Å². The van der Waals surface area contributed by atoms with Gasteiger partial charge in [-0.15, -0.1) is 11.8 Å². The summed E-state index contributed by atoms with van der Waals surface area (Å²) in [6, 6.07) is 14.1. The van der Waals surface area contributed by atoms with Crippen LogP contribution in [0.25, 0.3) is 10.9 Å². The molecule has 5 heteroatoms. The zero-order chi connectivity index (χ0) is 18.6. The third kappa shape index (κ3) is 4.47. The van der Waals surface area contributed by atoms with E-state index in [1.54, 1.807) is 6.07 Å². The monoisotopic (exact) mass is 384 g/mol. The number of thioether (sulfide) groups is 1. The number of rotatable bonds is 5. The average Bonchev–Trinajstić information content (AvgIpc) is 2.68. The van der Waals surface area contributed by atoms with E-state index >= 15 is 0 Å². The Bertz CT molecular complexity index is 939. The lowest BCUT2D eigenvalue weighted by molar-refractivity contribution is 0.531. The molecule has 1 fully saturated rings. The van der Waals surface area contributed by atoms with E-state index in [9.17, 15) is 8.78 Å². The third-order valence-electron chi connectivity index (χ3n) is 5.01. The van der Waals surface area contributed by atoms with Crippen LogP contribution in [0.4, 0.5) is 8.78 Å². The summed E-state index contributed by atoms with van der Waals surface area (Å²) in [5, 5.41) is 6.10. The Morgan fingerprint density at radius 2 is 1.74 bits per heavy atom. The van der Waals surface area contributed by atoms with Crippen molar-refractivity contribution in [1.29, 1.82) is 0 Å². The van der Waals surface area contributed by atoms with Gasteiger partial charge in [-0.3, -0.25) is 0 Å². The third-order valence-corrected chi connectivity index (χ3v) is 6.39. The fourth-order valence-corrected chi connectivity index (χ4v) is 4.74. The summed E-state index contributed by atoms with van der Waals surface area (Å²) in [5.41, 5.74) is 2.67. The highest BCUT2D eigenvalue weighted by Crippen LogP contribution is 2.32. The summed E-state index contributed by atoms with van der Waals surface area (Å²) in [5.74, 6) is -1.01. The van der Waals surface area contributed by atoms with Crippen LogP contribution in [-0.2, 0) is 12.8 Å². The van der Waals surface area contributed by atoms with Gasteiger partial charge in [0.1, 0.15) is 16.7 Å². The van der Waals surface area contributed by atoms with Gasteiger partial charge in [0.2, 0.25) is 0 Å². The van der Waals surface area contributed by atoms with E-state index in [0.29, 0.717) is 23.7 Å². The Morgan fingerprint density at radius 3 is 2.56 bits per heavy atom. The van der Waals surface area contributed by atoms with Crippen molar-refractivity contribution in [1.82, 2.24) is 10.3 Å². The number of pyridine rings is 1. The zero-order valence-electron chi connectivity index (χ0n) is 15.1. The minimum atomic E-state index is -0.536. The summed E-state index contributed by atoms with van der Waals surface area (Å²) in [4.78, 5) is 4.91. The molecule has 140 valence electrons. The van der Waals surface area contributed by atoms with E-state index < -0.39 is 11.6 Å². The molecule has 1 aliphatic rings. The molecule has 0 amide bonds. The second-order valence-electron chi connectivity index (χ2n) is 6.95. The fourth-order valence-electron chi connectivity index (χ4n) is 3.49. The lowest BCUT2D eigenvalue weighted by atomic mass is 10.0. The summed E-state index contributed by atoms with van der Waals surface area (Å²) >= 11 is 1.84. The number of aryl methyl sites for hydroxylation is 2. The molecule has 1 N–H and O–H groups in total. The quantitative estimate of drug-likeness (QED) is 0.659. The van der Waals surface area contributed by atoms with E-state index in [1.807, 2.05) is 30.0 Å². The molecule has 0 atom stereocenters. The van der Waals surface area contributed by atoms with Gasteiger partial charge < -0.3 is 5.32 Å². The van der Waals surface area contributed by atoms with Gasteiger partial charge in [-0.25, -0.2) is 13.8 Å². The molecule has 1 saturated heterocycles. The number of benzene rings is 2. The second-order valence-corrected chi connectivity index (χ2v) is 8.24. The van der Waals surface area contributed by atoms with E-state index in [-0.39, 0.29) is 0 Å². The first-order valence-corrected chi connectivity index (χ1v) is 10.3. The molecule has 0 saturated carbocycles. The number of fused-ring (bicyclic) bond motifs is 1. The standard InChI is InChI=1S/C22H22F2N2S/c23-18-8-7-15(20(24)14-18)5-6-17-13-16-3-1-2-4-21(16)26-22(17)27-19-9-11-25-12-10-19/h1-4,7-8,13-14,19,25H,5-6,9-12H2. The van der Waals surface area contributed by atoms with E-state index in [2.05, 4.69) is 17.4 Å². The number of piperidine rings is 1. The highest BCUT2D eigenvalue weighted by molar-refractivity contribution is 7.99. The van der Waals surface area contributed by atoms with Crippen molar-refractivity contribution >= 4 is 22.7 Å². The molecule has 4 rings (SSSR count). The van der Waals surface area contributed by atoms with Crippen molar-refractivity contribution in [3.63, 3.8) is 0 Å². The normalized spacial score (nSPS) is 15.3. The first kappa shape index (κ1) is 18.4. The van der Waals surface area contributed by atoms with Crippen molar-refractivity contribution in [2.45, 2.75) is 36.0 Å². The maximum absolute atomic E-state index is 14.0. The van der Waals surface area contributed by atoms with Crippen molar-refractivity contribution in [3.8, 4) is 0 Å². The van der Waals surface area contributed by atoms with Gasteiger partial charge in [-0.1, -0.05) is 24.3 Å². The maximum atomic E-state index is 14.0. The second kappa shape index (κ2) is 8.36. The Kier molecular flexibility index (Phi) is 5.69. The average molecular weight is 384 g/mol.